The number of hydrogen-bond acceptors (Lipinski definition) is 3. The highest BCUT2D eigenvalue weighted by atomic mass is 16.1. The summed E-state index contributed by atoms with van der Waals surface area (Å²) in [6.45, 7) is 4.11. The molecule has 0 saturated heterocycles. The Labute approximate surface area is 181 Å². The lowest BCUT2D eigenvalue weighted by Gasteiger charge is -2.31. The first-order valence-electron chi connectivity index (χ1n) is 10.3. The van der Waals surface area contributed by atoms with Crippen molar-refractivity contribution in [1.82, 2.24) is 0 Å². The number of rotatable bonds is 3. The molecule has 0 aliphatic heterocycles. The van der Waals surface area contributed by atoms with E-state index in [1.54, 1.807) is 30.3 Å². The van der Waals surface area contributed by atoms with E-state index in [2.05, 4.69) is 30.9 Å². The van der Waals surface area contributed by atoms with E-state index in [1.807, 2.05) is 48.5 Å². The Morgan fingerprint density at radius 1 is 0.484 bits per heavy atom. The van der Waals surface area contributed by atoms with E-state index in [0.717, 1.165) is 22.5 Å². The molecule has 0 amide bonds. The molecule has 1 aliphatic carbocycles. The van der Waals surface area contributed by atoms with Gasteiger partial charge in [-0.3, -0.25) is 9.59 Å². The zero-order valence-corrected chi connectivity index (χ0v) is 17.4. The Morgan fingerprint density at radius 3 is 1.52 bits per heavy atom. The number of aryl methyl sites for hydroxylation is 2. The molecule has 0 spiro atoms. The van der Waals surface area contributed by atoms with E-state index in [4.69, 9.17) is 0 Å². The van der Waals surface area contributed by atoms with Gasteiger partial charge in [-0.15, -0.1) is 0 Å². The van der Waals surface area contributed by atoms with Crippen LogP contribution >= 0.6 is 0 Å². The molecule has 1 aliphatic rings. The Balaban J connectivity index is 1.82. The summed E-state index contributed by atoms with van der Waals surface area (Å²) >= 11 is 0. The number of benzene rings is 4. The Hall–Kier alpha value is -3.98. The van der Waals surface area contributed by atoms with Gasteiger partial charge in [0.2, 0.25) is 0 Å². The first-order chi connectivity index (χ1) is 15.1. The normalized spacial score (nSPS) is 12.3. The Kier molecular flexibility index (Phi) is 4.52. The summed E-state index contributed by atoms with van der Waals surface area (Å²) in [5, 5.41) is 0. The van der Waals surface area contributed by atoms with Crippen LogP contribution in [0.5, 0.6) is 0 Å². The number of fused-ring (bicyclic) bond motifs is 2. The van der Waals surface area contributed by atoms with Crippen LogP contribution < -0.4 is 4.90 Å². The average Bonchev–Trinajstić information content (AvgIpc) is 2.80. The third kappa shape index (κ3) is 2.98. The van der Waals surface area contributed by atoms with Crippen LogP contribution in [-0.2, 0) is 0 Å². The number of anilines is 3. The molecule has 4 aromatic rings. The second kappa shape index (κ2) is 7.37. The number of hydrogen-bond donors (Lipinski definition) is 0. The predicted molar refractivity (Wildman–Crippen MR) is 124 cm³/mol. The summed E-state index contributed by atoms with van der Waals surface area (Å²) in [6, 6.07) is 28.8. The van der Waals surface area contributed by atoms with Crippen molar-refractivity contribution in [3.63, 3.8) is 0 Å². The molecule has 0 aromatic heterocycles. The van der Waals surface area contributed by atoms with Crippen molar-refractivity contribution in [2.45, 2.75) is 13.8 Å². The minimum absolute atomic E-state index is 0.110. The van der Waals surface area contributed by atoms with E-state index in [9.17, 15) is 9.59 Å². The van der Waals surface area contributed by atoms with Gasteiger partial charge < -0.3 is 4.90 Å². The standard InChI is InChI=1S/C28H21NO2/c1-18-10-3-7-15-23(18)29(24-16-8-4-11-19(24)2)25-17-9-14-22-26(25)28(31)21-13-6-5-12-20(21)27(22)30/h3-17H,1-2H3. The molecule has 0 radical (unpaired) electrons. The van der Waals surface area contributed by atoms with Gasteiger partial charge in [0.05, 0.1) is 11.3 Å². The summed E-state index contributed by atoms with van der Waals surface area (Å²) < 4.78 is 0. The van der Waals surface area contributed by atoms with Crippen molar-refractivity contribution in [3.8, 4) is 0 Å². The predicted octanol–water partition coefficient (Wildman–Crippen LogP) is 6.55. The van der Waals surface area contributed by atoms with E-state index < -0.39 is 0 Å². The third-order valence-electron chi connectivity index (χ3n) is 5.88. The van der Waals surface area contributed by atoms with Gasteiger partial charge in [-0.05, 0) is 43.2 Å². The van der Waals surface area contributed by atoms with E-state index in [1.165, 1.54) is 0 Å². The van der Waals surface area contributed by atoms with Gasteiger partial charge in [-0.25, -0.2) is 0 Å². The van der Waals surface area contributed by atoms with Gasteiger partial charge >= 0.3 is 0 Å². The van der Waals surface area contributed by atoms with Crippen LogP contribution in [0.15, 0.2) is 91.0 Å². The Morgan fingerprint density at radius 2 is 0.935 bits per heavy atom. The highest BCUT2D eigenvalue weighted by Crippen LogP contribution is 2.42. The molecule has 0 fully saturated rings. The number of carbonyl (C=O) groups excluding carboxylic acids is 2. The largest absolute Gasteiger partial charge is 0.309 e. The Bertz CT molecular complexity index is 1310. The van der Waals surface area contributed by atoms with Gasteiger partial charge in [0, 0.05) is 28.1 Å². The van der Waals surface area contributed by atoms with Crippen molar-refractivity contribution < 1.29 is 9.59 Å². The van der Waals surface area contributed by atoms with Gasteiger partial charge in [-0.2, -0.15) is 0 Å². The van der Waals surface area contributed by atoms with Crippen molar-refractivity contribution in [3.05, 3.63) is 124 Å². The van der Waals surface area contributed by atoms with Crippen LogP contribution in [0.25, 0.3) is 0 Å². The third-order valence-corrected chi connectivity index (χ3v) is 5.88. The lowest BCUT2D eigenvalue weighted by atomic mass is 9.83. The molecule has 3 nitrogen and oxygen atoms in total. The van der Waals surface area contributed by atoms with Crippen LogP contribution in [0.3, 0.4) is 0 Å². The van der Waals surface area contributed by atoms with E-state index >= 15 is 0 Å². The topological polar surface area (TPSA) is 37.4 Å². The summed E-state index contributed by atoms with van der Waals surface area (Å²) in [5.74, 6) is -0.227. The van der Waals surface area contributed by atoms with Gasteiger partial charge in [0.15, 0.2) is 11.6 Å². The van der Waals surface area contributed by atoms with Gasteiger partial charge in [-0.1, -0.05) is 72.8 Å². The van der Waals surface area contributed by atoms with Crippen LogP contribution in [0, 0.1) is 13.8 Å². The maximum atomic E-state index is 13.6. The molecule has 4 aromatic carbocycles. The summed E-state index contributed by atoms with van der Waals surface area (Å²) in [4.78, 5) is 29.0. The molecule has 5 rings (SSSR count). The van der Waals surface area contributed by atoms with Crippen LogP contribution in [-0.4, -0.2) is 11.6 Å². The quantitative estimate of drug-likeness (QED) is 0.343. The second-order valence-corrected chi connectivity index (χ2v) is 7.81. The molecule has 0 unspecified atom stereocenters. The van der Waals surface area contributed by atoms with Crippen molar-refractivity contribution >= 4 is 28.6 Å². The van der Waals surface area contributed by atoms with Crippen molar-refractivity contribution in [2.24, 2.45) is 0 Å². The highest BCUT2D eigenvalue weighted by Gasteiger charge is 2.33. The minimum atomic E-state index is -0.118. The summed E-state index contributed by atoms with van der Waals surface area (Å²) in [5.41, 5.74) is 6.67. The number of carbonyl (C=O) groups is 2. The first-order valence-corrected chi connectivity index (χ1v) is 10.3. The lowest BCUT2D eigenvalue weighted by molar-refractivity contribution is 0.0979. The highest BCUT2D eigenvalue weighted by molar-refractivity contribution is 6.30. The van der Waals surface area contributed by atoms with E-state index in [-0.39, 0.29) is 11.6 Å². The smallest absolute Gasteiger partial charge is 0.196 e. The van der Waals surface area contributed by atoms with E-state index in [0.29, 0.717) is 27.9 Å². The first kappa shape index (κ1) is 19.0. The molecule has 0 bridgehead atoms. The van der Waals surface area contributed by atoms with Crippen LogP contribution in [0.4, 0.5) is 17.1 Å². The molecule has 0 saturated carbocycles. The van der Waals surface area contributed by atoms with Gasteiger partial charge in [0.1, 0.15) is 0 Å². The molecule has 31 heavy (non-hydrogen) atoms. The van der Waals surface area contributed by atoms with Crippen molar-refractivity contribution in [2.75, 3.05) is 4.90 Å². The molecule has 0 N–H and O–H groups in total. The zero-order valence-electron chi connectivity index (χ0n) is 17.4. The lowest BCUT2D eigenvalue weighted by Crippen LogP contribution is -2.24. The summed E-state index contributed by atoms with van der Waals surface area (Å²) in [7, 11) is 0. The fourth-order valence-electron chi connectivity index (χ4n) is 4.33. The fraction of sp³-hybridized carbons (Fsp3) is 0.0714. The van der Waals surface area contributed by atoms with Gasteiger partial charge in [0.25, 0.3) is 0 Å². The molecule has 0 atom stereocenters. The number of ketones is 2. The minimum Gasteiger partial charge on any atom is -0.309 e. The maximum Gasteiger partial charge on any atom is 0.196 e. The molecule has 3 heteroatoms. The fourth-order valence-corrected chi connectivity index (χ4v) is 4.33. The van der Waals surface area contributed by atoms with Crippen LogP contribution in [0.2, 0.25) is 0 Å². The molecule has 0 heterocycles. The second-order valence-electron chi connectivity index (χ2n) is 7.81. The SMILES string of the molecule is Cc1ccccc1N(c1ccccc1C)c1cccc2c1C(=O)c1ccccc1C2=O. The zero-order chi connectivity index (χ0) is 21.5. The number of para-hydroxylation sites is 2. The average molecular weight is 403 g/mol. The number of nitrogens with zero attached hydrogens (tertiary/aromatic N) is 1. The summed E-state index contributed by atoms with van der Waals surface area (Å²) in [6.07, 6.45) is 0. The maximum absolute atomic E-state index is 13.6. The molecular weight excluding hydrogens is 382 g/mol. The molecular formula is C28H21NO2. The van der Waals surface area contributed by atoms with Crippen LogP contribution in [0.1, 0.15) is 43.0 Å². The monoisotopic (exact) mass is 403 g/mol. The van der Waals surface area contributed by atoms with Crippen molar-refractivity contribution in [1.29, 1.82) is 0 Å². The molecule has 150 valence electrons.